The van der Waals surface area contributed by atoms with Gasteiger partial charge in [-0.2, -0.15) is 8.78 Å². The lowest BCUT2D eigenvalue weighted by Gasteiger charge is -2.15. The Morgan fingerprint density at radius 3 is 2.60 bits per heavy atom. The summed E-state index contributed by atoms with van der Waals surface area (Å²) in [7, 11) is 1.50. The number of halogens is 3. The lowest BCUT2D eigenvalue weighted by atomic mass is 10.2. The van der Waals surface area contributed by atoms with Crippen LogP contribution >= 0.6 is 15.9 Å². The van der Waals surface area contributed by atoms with E-state index in [-0.39, 0.29) is 30.6 Å². The molecule has 0 unspecified atom stereocenters. The maximum Gasteiger partial charge on any atom is 0.387 e. The molecular weight excluding hydrogens is 462 g/mol. The largest absolute Gasteiger partial charge is 0.490 e. The van der Waals surface area contributed by atoms with E-state index in [1.54, 1.807) is 25.1 Å². The Hall–Kier alpha value is -2.94. The van der Waals surface area contributed by atoms with E-state index in [0.717, 1.165) is 4.47 Å². The summed E-state index contributed by atoms with van der Waals surface area (Å²) >= 11 is 3.34. The number of nitrogens with one attached hydrogen (secondary N) is 1. The first-order chi connectivity index (χ1) is 14.3. The number of carbonyl (C=O) groups is 2. The predicted octanol–water partition coefficient (Wildman–Crippen LogP) is 4.56. The van der Waals surface area contributed by atoms with Gasteiger partial charge in [-0.25, -0.2) is 0 Å². The lowest BCUT2D eigenvalue weighted by Crippen LogP contribution is -2.33. The average Bonchev–Trinajstić information content (AvgIpc) is 2.69. The van der Waals surface area contributed by atoms with E-state index >= 15 is 0 Å². The van der Waals surface area contributed by atoms with Gasteiger partial charge in [0.1, 0.15) is 0 Å². The van der Waals surface area contributed by atoms with Crippen LogP contribution in [-0.2, 0) is 9.59 Å². The second-order valence-corrected chi connectivity index (χ2v) is 6.93. The number of anilines is 1. The van der Waals surface area contributed by atoms with E-state index in [1.165, 1.54) is 42.3 Å². The zero-order chi connectivity index (χ0) is 22.1. The minimum atomic E-state index is -2.97. The minimum absolute atomic E-state index is 0.0869. The average molecular weight is 483 g/mol. The molecule has 0 bridgehead atoms. The molecule has 0 aromatic heterocycles. The number of nitrogens with zero attached hydrogens (tertiary/aromatic N) is 1. The summed E-state index contributed by atoms with van der Waals surface area (Å²) in [6.45, 7) is -1.13. The summed E-state index contributed by atoms with van der Waals surface area (Å²) in [4.78, 5) is 25.7. The summed E-state index contributed by atoms with van der Waals surface area (Å²) in [5.41, 5.74) is 1.16. The molecule has 6 nitrogen and oxygen atoms in total. The number of benzene rings is 2. The highest BCUT2D eigenvalue weighted by Gasteiger charge is 2.13. The third-order valence-electron chi connectivity index (χ3n) is 3.81. The molecule has 2 rings (SSSR count). The highest BCUT2D eigenvalue weighted by atomic mass is 79.9. The molecule has 0 aliphatic carbocycles. The van der Waals surface area contributed by atoms with E-state index in [4.69, 9.17) is 4.74 Å². The third kappa shape index (κ3) is 7.14. The van der Waals surface area contributed by atoms with Gasteiger partial charge in [0.2, 0.25) is 11.8 Å². The molecule has 0 aliphatic heterocycles. The normalized spacial score (nSPS) is 10.9. The standard InChI is InChI=1S/C21H21BrF2N2O4/c1-3-29-18-12-14(8-10-17(18)30-21(23)24)9-11-20(28)26(2)13-19(27)25-16-7-5-4-6-15(16)22/h4-12,21H,3,13H2,1-2H3,(H,25,27)/b11-9+. The van der Waals surface area contributed by atoms with Gasteiger partial charge in [-0.1, -0.05) is 18.2 Å². The number of rotatable bonds is 9. The van der Waals surface area contributed by atoms with Crippen molar-refractivity contribution in [2.24, 2.45) is 0 Å². The fourth-order valence-corrected chi connectivity index (χ4v) is 2.81. The Morgan fingerprint density at radius 2 is 1.93 bits per heavy atom. The highest BCUT2D eigenvalue weighted by molar-refractivity contribution is 9.10. The van der Waals surface area contributed by atoms with Crippen molar-refractivity contribution in [3.05, 3.63) is 58.6 Å². The molecule has 2 aromatic rings. The Labute approximate surface area is 181 Å². The topological polar surface area (TPSA) is 67.9 Å². The van der Waals surface area contributed by atoms with E-state index in [0.29, 0.717) is 11.3 Å². The van der Waals surface area contributed by atoms with Gasteiger partial charge in [-0.15, -0.1) is 0 Å². The fourth-order valence-electron chi connectivity index (χ4n) is 2.43. The number of ether oxygens (including phenoxy) is 2. The van der Waals surface area contributed by atoms with Crippen molar-refractivity contribution in [3.8, 4) is 11.5 Å². The van der Waals surface area contributed by atoms with Crippen molar-refractivity contribution in [3.63, 3.8) is 0 Å². The molecule has 30 heavy (non-hydrogen) atoms. The first-order valence-corrected chi connectivity index (χ1v) is 9.78. The van der Waals surface area contributed by atoms with Crippen molar-refractivity contribution < 1.29 is 27.8 Å². The molecule has 0 spiro atoms. The number of hydrogen-bond donors (Lipinski definition) is 1. The van der Waals surface area contributed by atoms with Crippen LogP contribution in [0.15, 0.2) is 53.0 Å². The minimum Gasteiger partial charge on any atom is -0.490 e. The highest BCUT2D eigenvalue weighted by Crippen LogP contribution is 2.30. The van der Waals surface area contributed by atoms with Crippen molar-refractivity contribution in [1.29, 1.82) is 0 Å². The van der Waals surface area contributed by atoms with Crippen molar-refractivity contribution in [2.75, 3.05) is 25.5 Å². The van der Waals surface area contributed by atoms with E-state index in [1.807, 2.05) is 6.07 Å². The fraction of sp³-hybridized carbons (Fsp3) is 0.238. The summed E-state index contributed by atoms with van der Waals surface area (Å²) in [6.07, 6.45) is 2.78. The monoisotopic (exact) mass is 482 g/mol. The molecule has 0 radical (unpaired) electrons. The Bertz CT molecular complexity index is 922. The van der Waals surface area contributed by atoms with Crippen molar-refractivity contribution >= 4 is 39.5 Å². The molecule has 1 N–H and O–H groups in total. The van der Waals surface area contributed by atoms with Gasteiger partial charge in [-0.05, 0) is 58.8 Å². The van der Waals surface area contributed by atoms with Crippen LogP contribution < -0.4 is 14.8 Å². The number of carbonyl (C=O) groups excluding carboxylic acids is 2. The lowest BCUT2D eigenvalue weighted by molar-refractivity contribution is -0.129. The van der Waals surface area contributed by atoms with Gasteiger partial charge in [0, 0.05) is 17.6 Å². The van der Waals surface area contributed by atoms with Gasteiger partial charge in [-0.3, -0.25) is 9.59 Å². The van der Waals surface area contributed by atoms with E-state index in [9.17, 15) is 18.4 Å². The predicted molar refractivity (Wildman–Crippen MR) is 114 cm³/mol. The Balaban J connectivity index is 1.99. The zero-order valence-electron chi connectivity index (χ0n) is 16.4. The van der Waals surface area contributed by atoms with Crippen LogP contribution in [0, 0.1) is 0 Å². The summed E-state index contributed by atoms with van der Waals surface area (Å²) in [5.74, 6) is -0.689. The molecule has 0 fully saturated rings. The third-order valence-corrected chi connectivity index (χ3v) is 4.50. The first-order valence-electron chi connectivity index (χ1n) is 8.99. The van der Waals surface area contributed by atoms with Crippen molar-refractivity contribution in [1.82, 2.24) is 4.90 Å². The molecule has 0 aliphatic rings. The SMILES string of the molecule is CCOc1cc(/C=C/C(=O)N(C)CC(=O)Nc2ccccc2Br)ccc1OC(F)F. The number of likely N-dealkylation sites (N-methyl/N-ethyl adjacent to an activating group) is 1. The second kappa shape index (κ2) is 11.3. The molecular formula is C21H21BrF2N2O4. The van der Waals surface area contributed by atoms with Gasteiger partial charge in [0.05, 0.1) is 18.8 Å². The first kappa shape index (κ1) is 23.3. The Kier molecular flexibility index (Phi) is 8.79. The number of amides is 2. The molecule has 2 amide bonds. The van der Waals surface area contributed by atoms with E-state index in [2.05, 4.69) is 26.0 Å². The maximum absolute atomic E-state index is 12.5. The van der Waals surface area contributed by atoms with Crippen LogP contribution in [0.4, 0.5) is 14.5 Å². The summed E-state index contributed by atoms with van der Waals surface area (Å²) in [6, 6.07) is 11.5. The van der Waals surface area contributed by atoms with E-state index < -0.39 is 12.5 Å². The van der Waals surface area contributed by atoms with Gasteiger partial charge < -0.3 is 19.7 Å². The van der Waals surface area contributed by atoms with Gasteiger partial charge in [0.15, 0.2) is 11.5 Å². The van der Waals surface area contributed by atoms with Crippen LogP contribution in [0.1, 0.15) is 12.5 Å². The van der Waals surface area contributed by atoms with Crippen LogP contribution in [0.3, 0.4) is 0 Å². The summed E-state index contributed by atoms with van der Waals surface area (Å²) in [5, 5.41) is 2.72. The van der Waals surface area contributed by atoms with Gasteiger partial charge >= 0.3 is 6.61 Å². The number of hydrogen-bond acceptors (Lipinski definition) is 4. The molecule has 160 valence electrons. The second-order valence-electron chi connectivity index (χ2n) is 6.07. The summed E-state index contributed by atoms with van der Waals surface area (Å²) < 4.78 is 35.4. The smallest absolute Gasteiger partial charge is 0.387 e. The van der Waals surface area contributed by atoms with Crippen LogP contribution in [0.25, 0.3) is 6.08 Å². The van der Waals surface area contributed by atoms with Crippen LogP contribution in [0.5, 0.6) is 11.5 Å². The van der Waals surface area contributed by atoms with Gasteiger partial charge in [0.25, 0.3) is 0 Å². The molecule has 0 saturated heterocycles. The molecule has 0 heterocycles. The van der Waals surface area contributed by atoms with Crippen molar-refractivity contribution in [2.45, 2.75) is 13.5 Å². The molecule has 9 heteroatoms. The maximum atomic E-state index is 12.5. The Morgan fingerprint density at radius 1 is 1.20 bits per heavy atom. The zero-order valence-corrected chi connectivity index (χ0v) is 18.0. The quantitative estimate of drug-likeness (QED) is 0.532. The molecule has 0 saturated carbocycles. The van der Waals surface area contributed by atoms with Crippen LogP contribution in [-0.4, -0.2) is 43.5 Å². The molecule has 2 aromatic carbocycles. The number of alkyl halides is 2. The number of para-hydroxylation sites is 1. The molecule has 0 atom stereocenters. The van der Waals surface area contributed by atoms with Crippen LogP contribution in [0.2, 0.25) is 0 Å².